The first kappa shape index (κ1) is 26.2. The van der Waals surface area contributed by atoms with Crippen LogP contribution in [0.4, 0.5) is 0 Å². The van der Waals surface area contributed by atoms with Gasteiger partial charge in [-0.05, 0) is 30.8 Å². The summed E-state index contributed by atoms with van der Waals surface area (Å²) < 4.78 is 22.4. The first-order valence-corrected chi connectivity index (χ1v) is 11.7. The predicted molar refractivity (Wildman–Crippen MR) is 133 cm³/mol. The number of phenolic OH excluding ortho intramolecular Hbond substituents is 1. The third-order valence-corrected chi connectivity index (χ3v) is 5.99. The minimum absolute atomic E-state index is 0.00498. The third kappa shape index (κ3) is 7.04. The second-order valence-electron chi connectivity index (χ2n) is 8.01. The lowest BCUT2D eigenvalue weighted by Gasteiger charge is -2.33. The molecule has 3 rings (SSSR count). The van der Waals surface area contributed by atoms with Crippen LogP contribution in [0.15, 0.2) is 40.9 Å². The number of halogens is 1. The van der Waals surface area contributed by atoms with Crippen molar-refractivity contribution in [2.75, 3.05) is 61.0 Å². The van der Waals surface area contributed by atoms with Crippen molar-refractivity contribution in [1.82, 2.24) is 9.80 Å². The highest BCUT2D eigenvalue weighted by Gasteiger charge is 2.26. The quantitative estimate of drug-likeness (QED) is 0.265. The Labute approximate surface area is 208 Å². The lowest BCUT2D eigenvalue weighted by molar-refractivity contribution is 0.0441. The minimum atomic E-state index is -0.388. The van der Waals surface area contributed by atoms with Crippen molar-refractivity contribution in [2.45, 2.75) is 6.54 Å². The predicted octanol–water partition coefficient (Wildman–Crippen LogP) is 3.76. The van der Waals surface area contributed by atoms with Gasteiger partial charge in [0.2, 0.25) is 0 Å². The fourth-order valence-corrected chi connectivity index (χ4v) is 4.05. The van der Waals surface area contributed by atoms with Crippen LogP contribution in [0.3, 0.4) is 0 Å². The standard InChI is InChI=1S/C25H31BrN2O6/c1-27-9-11-28(12-10-27)15-20-22(33-16-31-2)14-23(34-17-32-3)24(25(20)30)21(29)8-7-18-5-4-6-19(26)13-18/h4-8,13-14,30H,9-12,15-17H2,1-3H3/b8-7+. The summed E-state index contributed by atoms with van der Waals surface area (Å²) in [7, 11) is 5.09. The molecule has 0 aromatic heterocycles. The fourth-order valence-electron chi connectivity index (χ4n) is 3.64. The Balaban J connectivity index is 1.99. The molecule has 0 amide bonds. The highest BCUT2D eigenvalue weighted by atomic mass is 79.9. The zero-order chi connectivity index (χ0) is 24.5. The Morgan fingerprint density at radius 3 is 2.38 bits per heavy atom. The van der Waals surface area contributed by atoms with Gasteiger partial charge in [0.05, 0.1) is 5.56 Å². The number of hydrogen-bond acceptors (Lipinski definition) is 8. The van der Waals surface area contributed by atoms with Crippen LogP contribution in [0, 0.1) is 0 Å². The molecule has 184 valence electrons. The molecule has 1 N–H and O–H groups in total. The molecule has 0 saturated carbocycles. The molecule has 2 aromatic rings. The van der Waals surface area contributed by atoms with Gasteiger partial charge in [0.15, 0.2) is 19.4 Å². The lowest BCUT2D eigenvalue weighted by atomic mass is 10.0. The zero-order valence-electron chi connectivity index (χ0n) is 19.8. The molecule has 0 unspecified atom stereocenters. The normalized spacial score (nSPS) is 15.1. The van der Waals surface area contributed by atoms with Crippen LogP contribution >= 0.6 is 15.9 Å². The number of ketones is 1. The molecule has 0 spiro atoms. The first-order chi connectivity index (χ1) is 16.4. The molecule has 0 atom stereocenters. The number of hydrogen-bond donors (Lipinski definition) is 1. The topological polar surface area (TPSA) is 80.7 Å². The average Bonchev–Trinajstić information content (AvgIpc) is 2.83. The first-order valence-electron chi connectivity index (χ1n) is 10.9. The van der Waals surface area contributed by atoms with Crippen LogP contribution in [0.1, 0.15) is 21.5 Å². The van der Waals surface area contributed by atoms with Crippen molar-refractivity contribution in [3.63, 3.8) is 0 Å². The van der Waals surface area contributed by atoms with Crippen molar-refractivity contribution in [2.24, 2.45) is 0 Å². The summed E-state index contributed by atoms with van der Waals surface area (Å²) in [5.41, 5.74) is 1.43. The molecule has 1 aliphatic rings. The van der Waals surface area contributed by atoms with E-state index in [2.05, 4.69) is 32.8 Å². The van der Waals surface area contributed by atoms with E-state index >= 15 is 0 Å². The number of aromatic hydroxyl groups is 1. The van der Waals surface area contributed by atoms with E-state index in [0.29, 0.717) is 17.9 Å². The summed E-state index contributed by atoms with van der Waals surface area (Å²) >= 11 is 3.43. The molecule has 1 fully saturated rings. The molecule has 9 heteroatoms. The highest BCUT2D eigenvalue weighted by molar-refractivity contribution is 9.10. The van der Waals surface area contributed by atoms with Gasteiger partial charge in [0.1, 0.15) is 22.8 Å². The SMILES string of the molecule is COCOc1cc(OCOC)c(C(=O)/C=C/c2cccc(Br)c2)c(O)c1CN1CCN(C)CC1. The molecule has 0 bridgehead atoms. The van der Waals surface area contributed by atoms with Gasteiger partial charge in [-0.3, -0.25) is 9.69 Å². The van der Waals surface area contributed by atoms with Crippen LogP contribution in [-0.4, -0.2) is 81.7 Å². The van der Waals surface area contributed by atoms with Gasteiger partial charge >= 0.3 is 0 Å². The summed E-state index contributed by atoms with van der Waals surface area (Å²) in [4.78, 5) is 17.7. The number of allylic oxidation sites excluding steroid dienone is 1. The van der Waals surface area contributed by atoms with Crippen LogP contribution < -0.4 is 9.47 Å². The Morgan fingerprint density at radius 1 is 1.06 bits per heavy atom. The number of nitrogens with zero attached hydrogens (tertiary/aromatic N) is 2. The van der Waals surface area contributed by atoms with Gasteiger partial charge in [-0.1, -0.05) is 34.1 Å². The van der Waals surface area contributed by atoms with Gasteiger partial charge in [-0.2, -0.15) is 0 Å². The van der Waals surface area contributed by atoms with Crippen LogP contribution in [-0.2, 0) is 16.0 Å². The molecular formula is C25H31BrN2O6. The molecule has 1 heterocycles. The van der Waals surface area contributed by atoms with Crippen molar-refractivity contribution < 1.29 is 28.8 Å². The molecule has 8 nitrogen and oxygen atoms in total. The van der Waals surface area contributed by atoms with Gasteiger partial charge < -0.3 is 29.0 Å². The summed E-state index contributed by atoms with van der Waals surface area (Å²) in [6, 6.07) is 9.19. The van der Waals surface area contributed by atoms with Gasteiger partial charge in [0, 0.05) is 57.5 Å². The van der Waals surface area contributed by atoms with Crippen LogP contribution in [0.25, 0.3) is 6.08 Å². The summed E-state index contributed by atoms with van der Waals surface area (Å²) in [5, 5.41) is 11.3. The van der Waals surface area contributed by atoms with Crippen molar-refractivity contribution in [3.05, 3.63) is 57.6 Å². The number of likely N-dealkylation sites (N-methyl/N-ethyl adjacent to an activating group) is 1. The van der Waals surface area contributed by atoms with Crippen LogP contribution in [0.5, 0.6) is 17.2 Å². The van der Waals surface area contributed by atoms with Gasteiger partial charge in [0.25, 0.3) is 0 Å². The summed E-state index contributed by atoms with van der Waals surface area (Å²) in [6.07, 6.45) is 3.12. The second-order valence-corrected chi connectivity index (χ2v) is 8.92. The Bertz CT molecular complexity index is 1010. The Kier molecular flexibility index (Phi) is 9.91. The number of ether oxygens (including phenoxy) is 4. The maximum Gasteiger partial charge on any atom is 0.193 e. The van der Waals surface area contributed by atoms with E-state index in [1.165, 1.54) is 20.3 Å². The summed E-state index contributed by atoms with van der Waals surface area (Å²) in [6.45, 7) is 3.86. The van der Waals surface area contributed by atoms with E-state index in [0.717, 1.165) is 36.2 Å². The van der Waals surface area contributed by atoms with Gasteiger partial charge in [-0.25, -0.2) is 0 Å². The maximum atomic E-state index is 13.3. The van der Waals surface area contributed by atoms with E-state index in [1.54, 1.807) is 12.1 Å². The number of rotatable bonds is 11. The molecule has 1 saturated heterocycles. The number of benzene rings is 2. The second kappa shape index (κ2) is 12.9. The highest BCUT2D eigenvalue weighted by Crippen LogP contribution is 2.40. The smallest absolute Gasteiger partial charge is 0.193 e. The molecule has 34 heavy (non-hydrogen) atoms. The van der Waals surface area contributed by atoms with Crippen molar-refractivity contribution in [1.29, 1.82) is 0 Å². The molecule has 1 aliphatic heterocycles. The molecule has 2 aromatic carbocycles. The average molecular weight is 535 g/mol. The Morgan fingerprint density at radius 2 is 1.74 bits per heavy atom. The van der Waals surface area contributed by atoms with E-state index in [9.17, 15) is 9.90 Å². The maximum absolute atomic E-state index is 13.3. The number of methoxy groups -OCH3 is 2. The summed E-state index contributed by atoms with van der Waals surface area (Å²) in [5.74, 6) is 0.0254. The van der Waals surface area contributed by atoms with Gasteiger partial charge in [-0.15, -0.1) is 0 Å². The number of carbonyl (C=O) groups is 1. The number of piperazine rings is 1. The van der Waals surface area contributed by atoms with E-state index in [4.69, 9.17) is 18.9 Å². The largest absolute Gasteiger partial charge is 0.507 e. The lowest BCUT2D eigenvalue weighted by Crippen LogP contribution is -2.43. The monoisotopic (exact) mass is 534 g/mol. The Hall–Kier alpha value is -2.43. The fraction of sp³-hybridized carbons (Fsp3) is 0.400. The molecular weight excluding hydrogens is 504 g/mol. The van der Waals surface area contributed by atoms with Crippen molar-refractivity contribution >= 4 is 27.8 Å². The van der Waals surface area contributed by atoms with E-state index < -0.39 is 0 Å². The van der Waals surface area contributed by atoms with Crippen molar-refractivity contribution in [3.8, 4) is 17.2 Å². The minimum Gasteiger partial charge on any atom is -0.507 e. The van der Waals surface area contributed by atoms with Crippen LogP contribution in [0.2, 0.25) is 0 Å². The van der Waals surface area contributed by atoms with E-state index in [1.807, 2.05) is 24.3 Å². The molecule has 0 radical (unpaired) electrons. The third-order valence-electron chi connectivity index (χ3n) is 5.49. The number of phenols is 1. The zero-order valence-corrected chi connectivity index (χ0v) is 21.3. The number of carbonyl (C=O) groups excluding carboxylic acids is 1. The van der Waals surface area contributed by atoms with E-state index in [-0.39, 0.29) is 36.4 Å². The molecule has 0 aliphatic carbocycles.